The van der Waals surface area contributed by atoms with E-state index in [1.54, 1.807) is 0 Å². The molecule has 0 aromatic heterocycles. The fourth-order valence-corrected chi connectivity index (χ4v) is 9.92. The highest BCUT2D eigenvalue weighted by Gasteiger charge is 2.56. The van der Waals surface area contributed by atoms with Crippen LogP contribution < -0.4 is 4.90 Å². The fourth-order valence-electron chi connectivity index (χ4n) is 9.92. The first kappa shape index (κ1) is 29.5. The maximum Gasteiger partial charge on any atom is 0.0517 e. The molecule has 0 radical (unpaired) electrons. The highest BCUT2D eigenvalue weighted by Crippen LogP contribution is 2.60. The van der Waals surface area contributed by atoms with E-state index < -0.39 is 0 Å². The highest BCUT2D eigenvalue weighted by atomic mass is 15.2. The Morgan fingerprint density at radius 2 is 1.04 bits per heavy atom. The topological polar surface area (TPSA) is 3.24 Å². The summed E-state index contributed by atoms with van der Waals surface area (Å²) < 4.78 is 0. The van der Waals surface area contributed by atoms with Crippen molar-refractivity contribution in [2.45, 2.75) is 56.9 Å². The molecular weight excluding hydrogens is 603 g/mol. The number of anilines is 2. The summed E-state index contributed by atoms with van der Waals surface area (Å²) in [4.78, 5) is 2.70. The molecule has 1 aliphatic carbocycles. The Morgan fingerprint density at radius 1 is 0.460 bits per heavy atom. The van der Waals surface area contributed by atoms with Crippen LogP contribution in [-0.4, -0.2) is 5.54 Å². The monoisotopic (exact) mass is 643 g/mol. The van der Waals surface area contributed by atoms with E-state index in [1.165, 1.54) is 115 Å². The predicted octanol–water partition coefficient (Wildman–Crippen LogP) is 13.7. The van der Waals surface area contributed by atoms with E-state index in [2.05, 4.69) is 170 Å². The molecule has 10 rings (SSSR count). The van der Waals surface area contributed by atoms with Crippen LogP contribution in [0, 0.1) is 0 Å². The van der Waals surface area contributed by atoms with E-state index in [-0.39, 0.29) is 11.0 Å². The van der Waals surface area contributed by atoms with Gasteiger partial charge in [-0.1, -0.05) is 148 Å². The molecule has 0 saturated heterocycles. The lowest BCUT2D eigenvalue weighted by molar-refractivity contribution is 0.261. The van der Waals surface area contributed by atoms with Crippen LogP contribution in [0.1, 0.15) is 51.5 Å². The number of nitrogens with zero attached hydrogens (tertiary/aromatic N) is 1. The zero-order valence-corrected chi connectivity index (χ0v) is 28.9. The molecule has 242 valence electrons. The molecule has 1 heteroatoms. The third kappa shape index (κ3) is 4.13. The molecule has 1 nitrogen and oxygen atoms in total. The maximum absolute atomic E-state index is 2.70. The number of para-hydroxylation sites is 1. The zero-order chi connectivity index (χ0) is 33.5. The number of rotatable bonds is 4. The van der Waals surface area contributed by atoms with Gasteiger partial charge in [0, 0.05) is 16.8 Å². The lowest BCUT2D eigenvalue weighted by Crippen LogP contribution is -2.52. The highest BCUT2D eigenvalue weighted by molar-refractivity contribution is 6.30. The van der Waals surface area contributed by atoms with Crippen molar-refractivity contribution < 1.29 is 0 Å². The van der Waals surface area contributed by atoms with Gasteiger partial charge in [-0.3, -0.25) is 0 Å². The minimum atomic E-state index is 0.0114. The lowest BCUT2D eigenvalue weighted by Gasteiger charge is -2.46. The average Bonchev–Trinajstić information content (AvgIpc) is 3.24. The van der Waals surface area contributed by atoms with E-state index in [9.17, 15) is 0 Å². The van der Waals surface area contributed by atoms with Gasteiger partial charge < -0.3 is 4.90 Å². The molecule has 0 spiro atoms. The second-order valence-corrected chi connectivity index (χ2v) is 15.1. The van der Waals surface area contributed by atoms with Crippen molar-refractivity contribution in [3.05, 3.63) is 157 Å². The Morgan fingerprint density at radius 3 is 1.76 bits per heavy atom. The molecule has 1 fully saturated rings. The Bertz CT molecular complexity index is 2530. The van der Waals surface area contributed by atoms with Gasteiger partial charge in [0.2, 0.25) is 0 Å². The molecule has 2 aliphatic rings. The van der Waals surface area contributed by atoms with Gasteiger partial charge in [0.1, 0.15) is 0 Å². The summed E-state index contributed by atoms with van der Waals surface area (Å²) in [6, 6.07) is 57.0. The van der Waals surface area contributed by atoms with Crippen LogP contribution in [0.3, 0.4) is 0 Å². The van der Waals surface area contributed by atoms with Crippen LogP contribution in [0.4, 0.5) is 11.4 Å². The first-order valence-electron chi connectivity index (χ1n) is 18.4. The summed E-state index contributed by atoms with van der Waals surface area (Å²) >= 11 is 0. The van der Waals surface area contributed by atoms with Gasteiger partial charge in [-0.2, -0.15) is 0 Å². The third-order valence-electron chi connectivity index (χ3n) is 12.6. The minimum Gasteiger partial charge on any atom is -0.334 e. The summed E-state index contributed by atoms with van der Waals surface area (Å²) in [5.41, 5.74) is 12.0. The minimum absolute atomic E-state index is 0.0114. The van der Waals surface area contributed by atoms with E-state index in [1.807, 2.05) is 0 Å². The van der Waals surface area contributed by atoms with Gasteiger partial charge in [0.05, 0.1) is 5.54 Å². The molecule has 8 aromatic rings. The average molecular weight is 644 g/mol. The van der Waals surface area contributed by atoms with Crippen molar-refractivity contribution in [2.75, 3.05) is 4.90 Å². The smallest absolute Gasteiger partial charge is 0.0517 e. The standard InChI is InChI=1S/C49H41N/c1-48-29-13-6-14-30-49(48,2)50(37-19-11-5-12-20-37)45-28-23-36(31-44(45)48)43-32-42(34-17-9-4-10-18-34)40-25-22-35-21-24-38(33-15-7-3-8-16-33)39-26-27-41(43)47(40)46(35)39/h3-5,7-12,15-28,31-32H,6,13-14,29-30H2,1-2H3. The van der Waals surface area contributed by atoms with Crippen LogP contribution in [0.25, 0.3) is 65.7 Å². The van der Waals surface area contributed by atoms with Gasteiger partial charge in [-0.05, 0) is 121 Å². The maximum atomic E-state index is 2.70. The number of hydrogen-bond acceptors (Lipinski definition) is 1. The molecule has 1 saturated carbocycles. The van der Waals surface area contributed by atoms with Gasteiger partial charge in [-0.25, -0.2) is 0 Å². The van der Waals surface area contributed by atoms with Crippen LogP contribution in [0.5, 0.6) is 0 Å². The first-order chi connectivity index (χ1) is 24.5. The molecule has 50 heavy (non-hydrogen) atoms. The largest absolute Gasteiger partial charge is 0.334 e. The summed E-state index contributed by atoms with van der Waals surface area (Å²) in [6.45, 7) is 5.10. The third-order valence-corrected chi connectivity index (χ3v) is 12.6. The quantitative estimate of drug-likeness (QED) is 0.173. The first-order valence-corrected chi connectivity index (χ1v) is 18.4. The van der Waals surface area contributed by atoms with Gasteiger partial charge >= 0.3 is 0 Å². The van der Waals surface area contributed by atoms with Crippen LogP contribution in [0.15, 0.2) is 152 Å². The number of fused-ring (bicyclic) bond motifs is 3. The second-order valence-electron chi connectivity index (χ2n) is 15.1. The molecule has 0 N–H and O–H groups in total. The van der Waals surface area contributed by atoms with Gasteiger partial charge in [-0.15, -0.1) is 0 Å². The fraction of sp³-hybridized carbons (Fsp3) is 0.184. The summed E-state index contributed by atoms with van der Waals surface area (Å²) in [5.74, 6) is 0. The van der Waals surface area contributed by atoms with Crippen LogP contribution in [-0.2, 0) is 5.41 Å². The van der Waals surface area contributed by atoms with Gasteiger partial charge in [0.25, 0.3) is 0 Å². The van der Waals surface area contributed by atoms with Crippen LogP contribution in [0.2, 0.25) is 0 Å². The molecule has 1 heterocycles. The molecule has 1 aliphatic heterocycles. The Labute approximate surface area is 295 Å². The molecule has 0 bridgehead atoms. The Balaban J connectivity index is 1.27. The summed E-state index contributed by atoms with van der Waals surface area (Å²) in [7, 11) is 0. The van der Waals surface area contributed by atoms with Crippen molar-refractivity contribution in [3.8, 4) is 33.4 Å². The van der Waals surface area contributed by atoms with Crippen molar-refractivity contribution in [1.29, 1.82) is 0 Å². The molecule has 8 aromatic carbocycles. The van der Waals surface area contributed by atoms with Gasteiger partial charge in [0.15, 0.2) is 0 Å². The van der Waals surface area contributed by atoms with E-state index in [0.29, 0.717) is 0 Å². The second kappa shape index (κ2) is 11.1. The molecule has 0 amide bonds. The van der Waals surface area contributed by atoms with E-state index >= 15 is 0 Å². The van der Waals surface area contributed by atoms with Crippen molar-refractivity contribution in [2.24, 2.45) is 0 Å². The zero-order valence-electron chi connectivity index (χ0n) is 28.9. The number of hydrogen-bond donors (Lipinski definition) is 0. The van der Waals surface area contributed by atoms with Crippen molar-refractivity contribution in [1.82, 2.24) is 0 Å². The van der Waals surface area contributed by atoms with Crippen LogP contribution >= 0.6 is 0 Å². The summed E-state index contributed by atoms with van der Waals surface area (Å²) in [6.07, 6.45) is 6.27. The predicted molar refractivity (Wildman–Crippen MR) is 214 cm³/mol. The van der Waals surface area contributed by atoms with E-state index in [0.717, 1.165) is 0 Å². The summed E-state index contributed by atoms with van der Waals surface area (Å²) in [5, 5.41) is 7.99. The number of benzene rings is 8. The normalized spacial score (nSPS) is 20.3. The molecule has 2 unspecified atom stereocenters. The lowest BCUT2D eigenvalue weighted by atomic mass is 9.66. The Kier molecular flexibility index (Phi) is 6.52. The SMILES string of the molecule is CC12CCCCCC1(C)N(c1ccccc1)c1ccc(-c3cc(-c4ccccc4)c4ccc5ccc(-c6ccccc6)c6ccc3c4c56)cc12. The molecular formula is C49H41N. The van der Waals surface area contributed by atoms with E-state index in [4.69, 9.17) is 0 Å². The van der Waals surface area contributed by atoms with Crippen molar-refractivity contribution >= 4 is 43.7 Å². The van der Waals surface area contributed by atoms with Crippen molar-refractivity contribution in [3.63, 3.8) is 0 Å². The Hall–Kier alpha value is -5.40. The molecule has 2 atom stereocenters.